The average molecular weight is 650 g/mol. The predicted octanol–water partition coefficient (Wildman–Crippen LogP) is 6.73. The number of benzene rings is 3. The van der Waals surface area contributed by atoms with Crippen LogP contribution >= 0.6 is 11.6 Å². The molecule has 1 N–H and O–H groups in total. The second-order valence-electron chi connectivity index (χ2n) is 11.0. The van der Waals surface area contributed by atoms with Crippen LogP contribution < -0.4 is 9.62 Å². The number of anilines is 1. The molecular formula is C32H35ClF3N3O4S. The third-order valence-electron chi connectivity index (χ3n) is 7.71. The van der Waals surface area contributed by atoms with Gasteiger partial charge >= 0.3 is 6.18 Å². The molecule has 7 nitrogen and oxygen atoms in total. The highest BCUT2D eigenvalue weighted by atomic mass is 35.5. The first kappa shape index (κ1) is 33.3. The normalized spacial score (nSPS) is 15.0. The van der Waals surface area contributed by atoms with E-state index in [9.17, 15) is 31.2 Å². The van der Waals surface area contributed by atoms with Gasteiger partial charge in [-0.3, -0.25) is 13.9 Å². The molecule has 0 aliphatic heterocycles. The second-order valence-corrected chi connectivity index (χ2v) is 13.3. The van der Waals surface area contributed by atoms with Crippen LogP contribution in [0.15, 0.2) is 77.7 Å². The average Bonchev–Trinajstić information content (AvgIpc) is 2.99. The van der Waals surface area contributed by atoms with Crippen molar-refractivity contribution in [3.63, 3.8) is 0 Å². The Labute approximate surface area is 261 Å². The zero-order chi connectivity index (χ0) is 32.1. The summed E-state index contributed by atoms with van der Waals surface area (Å²) in [5, 5.41) is 2.72. The maximum atomic E-state index is 14.1. The lowest BCUT2D eigenvalue weighted by Gasteiger charge is -2.33. The molecule has 0 aromatic heterocycles. The van der Waals surface area contributed by atoms with E-state index in [1.165, 1.54) is 29.2 Å². The summed E-state index contributed by atoms with van der Waals surface area (Å²) in [7, 11) is -4.58. The van der Waals surface area contributed by atoms with Crippen molar-refractivity contribution in [2.75, 3.05) is 10.8 Å². The van der Waals surface area contributed by atoms with Gasteiger partial charge in [-0.2, -0.15) is 13.2 Å². The van der Waals surface area contributed by atoms with E-state index >= 15 is 0 Å². The fourth-order valence-corrected chi connectivity index (χ4v) is 6.99. The van der Waals surface area contributed by atoms with E-state index in [2.05, 4.69) is 5.32 Å². The van der Waals surface area contributed by atoms with Crippen LogP contribution in [0.1, 0.15) is 55.7 Å². The number of alkyl halides is 3. The molecule has 44 heavy (non-hydrogen) atoms. The molecule has 12 heteroatoms. The van der Waals surface area contributed by atoms with Crippen LogP contribution in [0.25, 0.3) is 0 Å². The molecule has 1 saturated carbocycles. The van der Waals surface area contributed by atoms with Crippen molar-refractivity contribution >= 4 is 39.1 Å². The Balaban J connectivity index is 1.75. The zero-order valence-corrected chi connectivity index (χ0v) is 26.1. The highest BCUT2D eigenvalue weighted by Crippen LogP contribution is 2.37. The first-order valence-electron chi connectivity index (χ1n) is 14.4. The molecule has 1 aliphatic carbocycles. The molecule has 3 aromatic rings. The monoisotopic (exact) mass is 649 g/mol. The van der Waals surface area contributed by atoms with Crippen LogP contribution in [0.4, 0.5) is 18.9 Å². The molecule has 3 aromatic carbocycles. The lowest BCUT2D eigenvalue weighted by Crippen LogP contribution is -2.53. The molecule has 0 heterocycles. The van der Waals surface area contributed by atoms with Crippen LogP contribution in [0.2, 0.25) is 5.02 Å². The standard InChI is InChI=1S/C32H35ClF3N3O4S/c1-22-10-9-11-24(18-22)20-38(23(2)31(41)37-26-12-5-3-6-13-26)30(40)21-39(44(42,43)27-14-7-4-8-15-27)29-19-25(32(34,35)36)16-17-28(29)33/h4,7-11,14-19,23,26H,3,5-6,12-13,20-21H2,1-2H3,(H,37,41)/t23-/m1/s1. The molecule has 4 rings (SSSR count). The minimum Gasteiger partial charge on any atom is -0.352 e. The SMILES string of the molecule is Cc1cccc(CN(C(=O)CN(c2cc(C(F)(F)F)ccc2Cl)S(=O)(=O)c2ccccc2)[C@H](C)C(=O)NC2CCCCC2)c1. The fourth-order valence-electron chi connectivity index (χ4n) is 5.27. The topological polar surface area (TPSA) is 86.8 Å². The first-order chi connectivity index (χ1) is 20.8. The number of carbonyl (C=O) groups is 2. The number of hydrogen-bond acceptors (Lipinski definition) is 4. The van der Waals surface area contributed by atoms with E-state index in [1.807, 2.05) is 19.1 Å². The van der Waals surface area contributed by atoms with E-state index in [1.54, 1.807) is 25.1 Å². The Kier molecular flexibility index (Phi) is 10.6. The highest BCUT2D eigenvalue weighted by Gasteiger charge is 2.36. The van der Waals surface area contributed by atoms with Gasteiger partial charge < -0.3 is 10.2 Å². The molecule has 0 spiro atoms. The lowest BCUT2D eigenvalue weighted by atomic mass is 9.95. The van der Waals surface area contributed by atoms with Gasteiger partial charge in [-0.1, -0.05) is 78.9 Å². The van der Waals surface area contributed by atoms with Gasteiger partial charge in [0.25, 0.3) is 10.0 Å². The number of carbonyl (C=O) groups excluding carboxylic acids is 2. The summed E-state index contributed by atoms with van der Waals surface area (Å²) in [6.07, 6.45) is -0.105. The summed E-state index contributed by atoms with van der Waals surface area (Å²) in [5.74, 6) is -1.18. The third kappa shape index (κ3) is 8.12. The van der Waals surface area contributed by atoms with E-state index < -0.39 is 51.9 Å². The number of aryl methyl sites for hydroxylation is 1. The molecule has 0 saturated heterocycles. The van der Waals surface area contributed by atoms with Crippen molar-refractivity contribution in [2.45, 2.75) is 75.7 Å². The first-order valence-corrected chi connectivity index (χ1v) is 16.2. The maximum absolute atomic E-state index is 14.1. The number of amides is 2. The van der Waals surface area contributed by atoms with Crippen molar-refractivity contribution in [1.82, 2.24) is 10.2 Å². The molecule has 2 amide bonds. The molecule has 0 bridgehead atoms. The largest absolute Gasteiger partial charge is 0.416 e. The number of rotatable bonds is 10. The number of nitrogens with zero attached hydrogens (tertiary/aromatic N) is 2. The van der Waals surface area contributed by atoms with Gasteiger partial charge in [-0.05, 0) is 62.6 Å². The number of halogens is 4. The Bertz CT molecular complexity index is 1580. The highest BCUT2D eigenvalue weighted by molar-refractivity contribution is 7.92. The summed E-state index contributed by atoms with van der Waals surface area (Å²) in [5.41, 5.74) is -0.0218. The van der Waals surface area contributed by atoms with Crippen molar-refractivity contribution in [3.05, 3.63) is 94.5 Å². The van der Waals surface area contributed by atoms with Gasteiger partial charge in [0.15, 0.2) is 0 Å². The van der Waals surface area contributed by atoms with E-state index in [4.69, 9.17) is 11.6 Å². The summed E-state index contributed by atoms with van der Waals surface area (Å²) < 4.78 is 69.5. The van der Waals surface area contributed by atoms with E-state index in [0.717, 1.165) is 49.8 Å². The van der Waals surface area contributed by atoms with E-state index in [-0.39, 0.29) is 22.5 Å². The number of hydrogen-bond donors (Lipinski definition) is 1. The van der Waals surface area contributed by atoms with Gasteiger partial charge in [-0.15, -0.1) is 0 Å². The number of sulfonamides is 1. The lowest BCUT2D eigenvalue weighted by molar-refractivity contribution is -0.139. The smallest absolute Gasteiger partial charge is 0.352 e. The van der Waals surface area contributed by atoms with Crippen LogP contribution in [0.3, 0.4) is 0 Å². The van der Waals surface area contributed by atoms with E-state index in [0.29, 0.717) is 15.9 Å². The second kappa shape index (κ2) is 14.0. The Morgan fingerprint density at radius 3 is 2.30 bits per heavy atom. The molecular weight excluding hydrogens is 615 g/mol. The summed E-state index contributed by atoms with van der Waals surface area (Å²) in [6, 6.07) is 15.6. The van der Waals surface area contributed by atoms with Crippen molar-refractivity contribution in [3.8, 4) is 0 Å². The quantitative estimate of drug-likeness (QED) is 0.264. The maximum Gasteiger partial charge on any atom is 0.416 e. The fraction of sp³-hybridized carbons (Fsp3) is 0.375. The molecule has 0 unspecified atom stereocenters. The Morgan fingerprint density at radius 2 is 1.66 bits per heavy atom. The number of nitrogens with one attached hydrogen (secondary N) is 1. The molecule has 1 fully saturated rings. The third-order valence-corrected chi connectivity index (χ3v) is 9.80. The zero-order valence-electron chi connectivity index (χ0n) is 24.5. The summed E-state index contributed by atoms with van der Waals surface area (Å²) in [4.78, 5) is 28.5. The minimum atomic E-state index is -4.80. The molecule has 0 radical (unpaired) electrons. The van der Waals surface area contributed by atoms with Gasteiger partial charge in [0.2, 0.25) is 11.8 Å². The van der Waals surface area contributed by atoms with Crippen LogP contribution in [0, 0.1) is 6.92 Å². The van der Waals surface area contributed by atoms with Gasteiger partial charge in [0.05, 0.1) is 21.2 Å². The van der Waals surface area contributed by atoms with Gasteiger partial charge in [-0.25, -0.2) is 8.42 Å². The van der Waals surface area contributed by atoms with Crippen molar-refractivity contribution in [2.24, 2.45) is 0 Å². The van der Waals surface area contributed by atoms with Gasteiger partial charge in [0, 0.05) is 12.6 Å². The van der Waals surface area contributed by atoms with Crippen LogP contribution in [-0.2, 0) is 32.3 Å². The minimum absolute atomic E-state index is 0.0324. The summed E-state index contributed by atoms with van der Waals surface area (Å²) >= 11 is 6.30. The van der Waals surface area contributed by atoms with Gasteiger partial charge in [0.1, 0.15) is 12.6 Å². The Morgan fingerprint density at radius 1 is 0.977 bits per heavy atom. The Hall–Kier alpha value is -3.57. The van der Waals surface area contributed by atoms with Crippen LogP contribution in [0.5, 0.6) is 0 Å². The predicted molar refractivity (Wildman–Crippen MR) is 164 cm³/mol. The molecule has 1 atom stereocenters. The summed E-state index contributed by atoms with van der Waals surface area (Å²) in [6.45, 7) is 2.50. The van der Waals surface area contributed by atoms with Crippen molar-refractivity contribution < 1.29 is 31.2 Å². The van der Waals surface area contributed by atoms with Crippen molar-refractivity contribution in [1.29, 1.82) is 0 Å². The molecule has 236 valence electrons. The van der Waals surface area contributed by atoms with Crippen LogP contribution in [-0.4, -0.2) is 43.8 Å². The molecule has 1 aliphatic rings.